The summed E-state index contributed by atoms with van der Waals surface area (Å²) in [5.41, 5.74) is 0. The molecule has 1 N–H and O–H groups in total. The molecule has 1 atom stereocenters. The Labute approximate surface area is 149 Å². The number of carbonyl (C=O) groups is 1. The minimum Gasteiger partial charge on any atom is -0.450 e. The topological polar surface area (TPSA) is 70.6 Å². The third-order valence-corrected chi connectivity index (χ3v) is 5.01. The molecule has 3 rings (SSSR count). The van der Waals surface area contributed by atoms with E-state index in [2.05, 4.69) is 33.2 Å². The van der Waals surface area contributed by atoms with E-state index in [4.69, 9.17) is 4.74 Å². The average Bonchev–Trinajstić information content (AvgIpc) is 2.63. The summed E-state index contributed by atoms with van der Waals surface area (Å²) in [5, 5.41) is 3.51. The zero-order valence-corrected chi connectivity index (χ0v) is 15.3. The summed E-state index contributed by atoms with van der Waals surface area (Å²) in [6.07, 6.45) is 5.76. The lowest BCUT2D eigenvalue weighted by molar-refractivity contribution is 0.0983. The van der Waals surface area contributed by atoms with E-state index in [0.29, 0.717) is 18.6 Å². The Hall–Kier alpha value is -2.05. The summed E-state index contributed by atoms with van der Waals surface area (Å²) in [6.45, 7) is 8.13. The number of piperidine rings is 2. The van der Waals surface area contributed by atoms with E-state index in [1.54, 1.807) is 11.2 Å². The molecule has 0 bridgehead atoms. The van der Waals surface area contributed by atoms with E-state index < -0.39 is 0 Å². The second-order valence-corrected chi connectivity index (χ2v) is 7.06. The Balaban J connectivity index is 1.54. The lowest BCUT2D eigenvalue weighted by Crippen LogP contribution is -2.42. The Kier molecular flexibility index (Phi) is 5.94. The molecule has 2 aliphatic heterocycles. The predicted octanol–water partition coefficient (Wildman–Crippen LogP) is 2.75. The standard InChI is InChI=1S/C18H29N5O2/c1-3-25-18(24)22-9-6-15(7-10-22)21-16-11-17(20-13-19-16)23-8-4-5-14(2)12-23/h11,13-15H,3-10,12H2,1-2H3,(H,19,20,21). The number of nitrogens with one attached hydrogen (secondary N) is 1. The van der Waals surface area contributed by atoms with Crippen LogP contribution in [-0.2, 0) is 4.74 Å². The molecule has 7 heteroatoms. The molecule has 0 aromatic carbocycles. The number of carbonyl (C=O) groups excluding carboxylic acids is 1. The Bertz CT molecular complexity index is 574. The van der Waals surface area contributed by atoms with E-state index in [0.717, 1.165) is 50.7 Å². The number of nitrogens with zero attached hydrogens (tertiary/aromatic N) is 4. The first-order valence-electron chi connectivity index (χ1n) is 9.41. The maximum atomic E-state index is 11.8. The van der Waals surface area contributed by atoms with Gasteiger partial charge in [-0.1, -0.05) is 6.92 Å². The molecule has 1 aromatic heterocycles. The molecule has 0 saturated carbocycles. The highest BCUT2D eigenvalue weighted by Gasteiger charge is 2.24. The van der Waals surface area contributed by atoms with Gasteiger partial charge in [0.05, 0.1) is 6.61 Å². The van der Waals surface area contributed by atoms with Crippen LogP contribution in [0, 0.1) is 5.92 Å². The van der Waals surface area contributed by atoms with Crippen molar-refractivity contribution in [2.75, 3.05) is 43.0 Å². The lowest BCUT2D eigenvalue weighted by Gasteiger charge is -2.33. The van der Waals surface area contributed by atoms with Crippen molar-refractivity contribution in [3.05, 3.63) is 12.4 Å². The van der Waals surface area contributed by atoms with E-state index in [1.807, 2.05) is 6.92 Å². The van der Waals surface area contributed by atoms with E-state index >= 15 is 0 Å². The summed E-state index contributed by atoms with van der Waals surface area (Å²) < 4.78 is 5.07. The van der Waals surface area contributed by atoms with Crippen LogP contribution in [0.15, 0.2) is 12.4 Å². The zero-order chi connectivity index (χ0) is 17.6. The number of rotatable bonds is 4. The van der Waals surface area contributed by atoms with Crippen molar-refractivity contribution in [1.82, 2.24) is 14.9 Å². The lowest BCUT2D eigenvalue weighted by atomic mass is 10.0. The SMILES string of the molecule is CCOC(=O)N1CCC(Nc2cc(N3CCCC(C)C3)ncn2)CC1. The van der Waals surface area contributed by atoms with Crippen molar-refractivity contribution < 1.29 is 9.53 Å². The van der Waals surface area contributed by atoms with Crippen molar-refractivity contribution in [2.45, 2.75) is 45.6 Å². The van der Waals surface area contributed by atoms with Crippen LogP contribution in [0.4, 0.5) is 16.4 Å². The first kappa shape index (κ1) is 17.8. The van der Waals surface area contributed by atoms with Crippen molar-refractivity contribution in [1.29, 1.82) is 0 Å². The molecule has 1 aromatic rings. The van der Waals surface area contributed by atoms with Crippen LogP contribution in [0.5, 0.6) is 0 Å². The van der Waals surface area contributed by atoms with Crippen LogP contribution < -0.4 is 10.2 Å². The minimum atomic E-state index is -0.204. The highest BCUT2D eigenvalue weighted by atomic mass is 16.6. The monoisotopic (exact) mass is 347 g/mol. The fourth-order valence-corrected chi connectivity index (χ4v) is 3.63. The predicted molar refractivity (Wildman–Crippen MR) is 97.9 cm³/mol. The van der Waals surface area contributed by atoms with Gasteiger partial charge in [0.2, 0.25) is 0 Å². The molecule has 1 unspecified atom stereocenters. The highest BCUT2D eigenvalue weighted by Crippen LogP contribution is 2.23. The molecular formula is C18H29N5O2. The fraction of sp³-hybridized carbons (Fsp3) is 0.722. The molecular weight excluding hydrogens is 318 g/mol. The maximum Gasteiger partial charge on any atom is 0.409 e. The second-order valence-electron chi connectivity index (χ2n) is 7.06. The molecule has 138 valence electrons. The largest absolute Gasteiger partial charge is 0.450 e. The number of aromatic nitrogens is 2. The molecule has 0 radical (unpaired) electrons. The van der Waals surface area contributed by atoms with E-state index in [1.165, 1.54) is 12.8 Å². The maximum absolute atomic E-state index is 11.8. The van der Waals surface area contributed by atoms with Gasteiger partial charge in [0.15, 0.2) is 0 Å². The van der Waals surface area contributed by atoms with E-state index in [-0.39, 0.29) is 6.09 Å². The molecule has 2 aliphatic rings. The fourth-order valence-electron chi connectivity index (χ4n) is 3.63. The number of anilines is 2. The summed E-state index contributed by atoms with van der Waals surface area (Å²) in [6, 6.07) is 2.38. The smallest absolute Gasteiger partial charge is 0.409 e. The van der Waals surface area contributed by atoms with E-state index in [9.17, 15) is 4.79 Å². The molecule has 7 nitrogen and oxygen atoms in total. The van der Waals surface area contributed by atoms with Crippen molar-refractivity contribution in [3.63, 3.8) is 0 Å². The molecule has 2 fully saturated rings. The normalized spacial score (nSPS) is 21.9. The zero-order valence-electron chi connectivity index (χ0n) is 15.3. The Morgan fingerprint density at radius 1 is 1.28 bits per heavy atom. The molecule has 3 heterocycles. The van der Waals surface area contributed by atoms with Gasteiger partial charge in [0.25, 0.3) is 0 Å². The van der Waals surface area contributed by atoms with Gasteiger partial charge in [-0.15, -0.1) is 0 Å². The minimum absolute atomic E-state index is 0.204. The first-order chi connectivity index (χ1) is 12.2. The van der Waals surface area contributed by atoms with Gasteiger partial charge in [0.1, 0.15) is 18.0 Å². The van der Waals surface area contributed by atoms with Crippen LogP contribution in [0.2, 0.25) is 0 Å². The number of hydrogen-bond acceptors (Lipinski definition) is 6. The van der Waals surface area contributed by atoms with Gasteiger partial charge in [-0.3, -0.25) is 0 Å². The van der Waals surface area contributed by atoms with Crippen molar-refractivity contribution in [2.24, 2.45) is 5.92 Å². The van der Waals surface area contributed by atoms with Gasteiger partial charge in [-0.25, -0.2) is 14.8 Å². The van der Waals surface area contributed by atoms with Gasteiger partial charge in [-0.2, -0.15) is 0 Å². The quantitative estimate of drug-likeness (QED) is 0.903. The van der Waals surface area contributed by atoms with Gasteiger partial charge < -0.3 is 19.9 Å². The Morgan fingerprint density at radius 3 is 2.80 bits per heavy atom. The number of hydrogen-bond donors (Lipinski definition) is 1. The van der Waals surface area contributed by atoms with Crippen LogP contribution in [0.25, 0.3) is 0 Å². The first-order valence-corrected chi connectivity index (χ1v) is 9.41. The summed E-state index contributed by atoms with van der Waals surface area (Å²) in [7, 11) is 0. The third-order valence-electron chi connectivity index (χ3n) is 5.01. The molecule has 0 aliphatic carbocycles. The average molecular weight is 347 g/mol. The number of amides is 1. The van der Waals surface area contributed by atoms with Gasteiger partial charge in [0, 0.05) is 38.3 Å². The van der Waals surface area contributed by atoms with Crippen LogP contribution in [-0.4, -0.2) is 59.8 Å². The third kappa shape index (κ3) is 4.74. The number of likely N-dealkylation sites (tertiary alicyclic amines) is 1. The summed E-state index contributed by atoms with van der Waals surface area (Å²) in [4.78, 5) is 24.7. The van der Waals surface area contributed by atoms with Crippen LogP contribution in [0.3, 0.4) is 0 Å². The molecule has 0 spiro atoms. The van der Waals surface area contributed by atoms with Crippen molar-refractivity contribution >= 4 is 17.7 Å². The molecule has 1 amide bonds. The molecule has 2 saturated heterocycles. The van der Waals surface area contributed by atoms with Crippen LogP contribution in [0.1, 0.15) is 39.5 Å². The molecule has 25 heavy (non-hydrogen) atoms. The summed E-state index contributed by atoms with van der Waals surface area (Å²) in [5.74, 6) is 2.60. The summed E-state index contributed by atoms with van der Waals surface area (Å²) >= 11 is 0. The van der Waals surface area contributed by atoms with Crippen molar-refractivity contribution in [3.8, 4) is 0 Å². The highest BCUT2D eigenvalue weighted by molar-refractivity contribution is 5.67. The Morgan fingerprint density at radius 2 is 2.08 bits per heavy atom. The number of ether oxygens (including phenoxy) is 1. The van der Waals surface area contributed by atoms with Gasteiger partial charge in [-0.05, 0) is 38.5 Å². The van der Waals surface area contributed by atoms with Crippen LogP contribution >= 0.6 is 0 Å². The second kappa shape index (κ2) is 8.36. The van der Waals surface area contributed by atoms with Gasteiger partial charge >= 0.3 is 6.09 Å².